The number of rotatable bonds is 4. The van der Waals surface area contributed by atoms with Gasteiger partial charge in [0.25, 0.3) is 0 Å². The van der Waals surface area contributed by atoms with Crippen LogP contribution in [0.2, 0.25) is 0 Å². The van der Waals surface area contributed by atoms with Crippen molar-refractivity contribution in [1.29, 1.82) is 0 Å². The molecule has 0 unspecified atom stereocenters. The van der Waals surface area contributed by atoms with Crippen molar-refractivity contribution in [3.63, 3.8) is 0 Å². The summed E-state index contributed by atoms with van der Waals surface area (Å²) in [5, 5.41) is 11.4. The summed E-state index contributed by atoms with van der Waals surface area (Å²) in [4.78, 5) is 2.04. The Labute approximate surface area is 115 Å². The molecule has 0 aliphatic rings. The van der Waals surface area contributed by atoms with Gasteiger partial charge in [0.2, 0.25) is 0 Å². The quantitative estimate of drug-likeness (QED) is 0.908. The van der Waals surface area contributed by atoms with Gasteiger partial charge in [-0.2, -0.15) is 0 Å². The van der Waals surface area contributed by atoms with Crippen molar-refractivity contribution < 1.29 is 5.11 Å². The van der Waals surface area contributed by atoms with Gasteiger partial charge in [0, 0.05) is 6.04 Å². The van der Waals surface area contributed by atoms with Gasteiger partial charge in [0.1, 0.15) is 5.60 Å². The van der Waals surface area contributed by atoms with Crippen LogP contribution in [0.3, 0.4) is 0 Å². The molecule has 1 N–H and O–H groups in total. The summed E-state index contributed by atoms with van der Waals surface area (Å²) in [7, 11) is 3.98. The molecule has 0 saturated heterocycles. The lowest BCUT2D eigenvalue weighted by Crippen LogP contribution is -2.46. The smallest absolute Gasteiger partial charge is 0.130 e. The summed E-state index contributed by atoms with van der Waals surface area (Å²) in [6, 6.07) is 19.7. The summed E-state index contributed by atoms with van der Waals surface area (Å²) in [5.74, 6) is 0. The van der Waals surface area contributed by atoms with Crippen molar-refractivity contribution in [1.82, 2.24) is 4.90 Å². The molecule has 2 nitrogen and oxygen atoms in total. The van der Waals surface area contributed by atoms with Gasteiger partial charge >= 0.3 is 0 Å². The van der Waals surface area contributed by atoms with Crippen molar-refractivity contribution in [3.8, 4) is 0 Å². The Morgan fingerprint density at radius 3 is 1.53 bits per heavy atom. The number of nitrogens with zero attached hydrogens (tertiary/aromatic N) is 1. The van der Waals surface area contributed by atoms with Gasteiger partial charge < -0.3 is 10.0 Å². The molecule has 0 amide bonds. The monoisotopic (exact) mass is 255 g/mol. The largest absolute Gasteiger partial charge is 0.379 e. The maximum atomic E-state index is 11.4. The van der Waals surface area contributed by atoms with Gasteiger partial charge in [0.05, 0.1) is 0 Å². The minimum absolute atomic E-state index is 0.0303. The van der Waals surface area contributed by atoms with E-state index in [2.05, 4.69) is 0 Å². The van der Waals surface area contributed by atoms with E-state index in [1.165, 1.54) is 0 Å². The Balaban J connectivity index is 2.57. The van der Waals surface area contributed by atoms with Crippen LogP contribution >= 0.6 is 0 Å². The Bertz CT molecular complexity index is 468. The second-order valence-electron chi connectivity index (χ2n) is 5.14. The van der Waals surface area contributed by atoms with Crippen LogP contribution in [0, 0.1) is 0 Å². The fourth-order valence-electron chi connectivity index (χ4n) is 2.41. The normalized spacial score (nSPS) is 13.5. The predicted octanol–water partition coefficient (Wildman–Crippen LogP) is 2.87. The Morgan fingerprint density at radius 2 is 1.21 bits per heavy atom. The average molecular weight is 255 g/mol. The first-order valence-corrected chi connectivity index (χ1v) is 6.56. The van der Waals surface area contributed by atoms with Gasteiger partial charge in [-0.3, -0.25) is 0 Å². The summed E-state index contributed by atoms with van der Waals surface area (Å²) in [6.45, 7) is 2.04. The van der Waals surface area contributed by atoms with Crippen LogP contribution in [0.15, 0.2) is 60.7 Å². The third-order valence-electron chi connectivity index (χ3n) is 3.81. The van der Waals surface area contributed by atoms with Crippen LogP contribution in [-0.4, -0.2) is 30.1 Å². The zero-order valence-corrected chi connectivity index (χ0v) is 11.7. The van der Waals surface area contributed by atoms with Gasteiger partial charge in [0.15, 0.2) is 0 Å². The molecule has 0 aliphatic heterocycles. The molecular formula is C17H21NO. The van der Waals surface area contributed by atoms with E-state index >= 15 is 0 Å². The standard InChI is InChI=1S/C17H21NO/c1-14(18(2)3)17(19,15-10-6-4-7-11-15)16-12-8-5-9-13-16/h4-14,19H,1-3H3/t14-/m1/s1. The van der Waals surface area contributed by atoms with Crippen molar-refractivity contribution in [2.75, 3.05) is 14.1 Å². The number of likely N-dealkylation sites (N-methyl/N-ethyl adjacent to an activating group) is 1. The third-order valence-corrected chi connectivity index (χ3v) is 3.81. The minimum Gasteiger partial charge on any atom is -0.379 e. The Morgan fingerprint density at radius 1 is 0.842 bits per heavy atom. The molecule has 0 radical (unpaired) electrons. The minimum atomic E-state index is -1.01. The van der Waals surface area contributed by atoms with E-state index in [9.17, 15) is 5.11 Å². The fourth-order valence-corrected chi connectivity index (χ4v) is 2.41. The van der Waals surface area contributed by atoms with Crippen LogP contribution in [0.5, 0.6) is 0 Å². The molecule has 0 bridgehead atoms. The SMILES string of the molecule is C[C@@H](N(C)C)C(O)(c1ccccc1)c1ccccc1. The zero-order chi connectivity index (χ0) is 13.9. The van der Waals surface area contributed by atoms with Crippen molar-refractivity contribution >= 4 is 0 Å². The molecular weight excluding hydrogens is 234 g/mol. The molecule has 0 fully saturated rings. The second-order valence-corrected chi connectivity index (χ2v) is 5.14. The van der Waals surface area contributed by atoms with Crippen LogP contribution in [0.25, 0.3) is 0 Å². The average Bonchev–Trinajstić information content (AvgIpc) is 2.47. The first kappa shape index (κ1) is 13.8. The molecule has 0 spiro atoms. The van der Waals surface area contributed by atoms with Gasteiger partial charge in [-0.15, -0.1) is 0 Å². The number of benzene rings is 2. The van der Waals surface area contributed by atoms with Crippen LogP contribution < -0.4 is 0 Å². The summed E-state index contributed by atoms with van der Waals surface area (Å²) >= 11 is 0. The lowest BCUT2D eigenvalue weighted by atomic mass is 9.80. The lowest BCUT2D eigenvalue weighted by molar-refractivity contribution is 0.00510. The molecule has 2 aromatic rings. The third kappa shape index (κ3) is 2.55. The highest BCUT2D eigenvalue weighted by atomic mass is 16.3. The molecule has 100 valence electrons. The molecule has 0 saturated carbocycles. The molecule has 0 heterocycles. The van der Waals surface area contributed by atoms with Crippen LogP contribution in [-0.2, 0) is 5.60 Å². The van der Waals surface area contributed by atoms with E-state index in [1.807, 2.05) is 86.6 Å². The van der Waals surface area contributed by atoms with E-state index in [1.54, 1.807) is 0 Å². The van der Waals surface area contributed by atoms with Crippen molar-refractivity contribution in [2.45, 2.75) is 18.6 Å². The van der Waals surface area contributed by atoms with Gasteiger partial charge in [-0.1, -0.05) is 60.7 Å². The highest BCUT2D eigenvalue weighted by Crippen LogP contribution is 2.34. The van der Waals surface area contributed by atoms with E-state index in [0.717, 1.165) is 11.1 Å². The Hall–Kier alpha value is -1.64. The van der Waals surface area contributed by atoms with Gasteiger partial charge in [-0.25, -0.2) is 0 Å². The molecule has 2 heteroatoms. The topological polar surface area (TPSA) is 23.5 Å². The maximum Gasteiger partial charge on any atom is 0.130 e. The number of aliphatic hydroxyl groups is 1. The zero-order valence-electron chi connectivity index (χ0n) is 11.7. The van der Waals surface area contributed by atoms with E-state index in [4.69, 9.17) is 0 Å². The van der Waals surface area contributed by atoms with Crippen LogP contribution in [0.1, 0.15) is 18.1 Å². The molecule has 19 heavy (non-hydrogen) atoms. The number of hydrogen-bond donors (Lipinski definition) is 1. The first-order chi connectivity index (χ1) is 9.06. The molecule has 0 aliphatic carbocycles. The molecule has 2 rings (SSSR count). The predicted molar refractivity (Wildman–Crippen MR) is 79.0 cm³/mol. The summed E-state index contributed by atoms with van der Waals surface area (Å²) < 4.78 is 0. The fraction of sp³-hybridized carbons (Fsp3) is 0.294. The van der Waals surface area contributed by atoms with E-state index in [-0.39, 0.29) is 6.04 Å². The maximum absolute atomic E-state index is 11.4. The van der Waals surface area contributed by atoms with Crippen molar-refractivity contribution in [3.05, 3.63) is 71.8 Å². The highest BCUT2D eigenvalue weighted by molar-refractivity contribution is 5.37. The van der Waals surface area contributed by atoms with Crippen molar-refractivity contribution in [2.24, 2.45) is 0 Å². The number of hydrogen-bond acceptors (Lipinski definition) is 2. The van der Waals surface area contributed by atoms with E-state index in [0.29, 0.717) is 0 Å². The first-order valence-electron chi connectivity index (χ1n) is 6.56. The lowest BCUT2D eigenvalue weighted by Gasteiger charge is -2.38. The van der Waals surface area contributed by atoms with Crippen LogP contribution in [0.4, 0.5) is 0 Å². The molecule has 0 aromatic heterocycles. The van der Waals surface area contributed by atoms with E-state index < -0.39 is 5.60 Å². The summed E-state index contributed by atoms with van der Waals surface area (Å²) in [5.41, 5.74) is 0.830. The second kappa shape index (κ2) is 5.55. The Kier molecular flexibility index (Phi) is 4.03. The summed E-state index contributed by atoms with van der Waals surface area (Å²) in [6.07, 6.45) is 0. The highest BCUT2D eigenvalue weighted by Gasteiger charge is 2.38. The van der Waals surface area contributed by atoms with Gasteiger partial charge in [-0.05, 0) is 32.1 Å². The molecule has 1 atom stereocenters. The molecule has 2 aromatic carbocycles.